The quantitative estimate of drug-likeness (QED) is 0.718. The first kappa shape index (κ1) is 20.8. The van der Waals surface area contributed by atoms with Crippen LogP contribution < -0.4 is 0 Å². The van der Waals surface area contributed by atoms with Gasteiger partial charge >= 0.3 is 6.18 Å². The number of nitrogens with zero attached hydrogens (tertiary/aromatic N) is 2. The Hall–Kier alpha value is -2.41. The van der Waals surface area contributed by atoms with Gasteiger partial charge in [0.1, 0.15) is 6.10 Å². The molecule has 30 heavy (non-hydrogen) atoms. The van der Waals surface area contributed by atoms with Crippen LogP contribution in [0.3, 0.4) is 0 Å². The van der Waals surface area contributed by atoms with Crippen LogP contribution in [0, 0.1) is 5.92 Å². The first-order valence-electron chi connectivity index (χ1n) is 10.4. The number of amides is 1. The molecule has 1 saturated heterocycles. The Kier molecular flexibility index (Phi) is 6.09. The van der Waals surface area contributed by atoms with E-state index in [1.807, 2.05) is 17.0 Å². The van der Waals surface area contributed by atoms with Crippen LogP contribution in [0.4, 0.5) is 13.2 Å². The van der Waals surface area contributed by atoms with E-state index in [2.05, 4.69) is 4.98 Å². The lowest BCUT2D eigenvalue weighted by atomic mass is 10.0. The van der Waals surface area contributed by atoms with Crippen molar-refractivity contribution in [1.29, 1.82) is 0 Å². The van der Waals surface area contributed by atoms with Gasteiger partial charge in [-0.3, -0.25) is 9.78 Å². The molecule has 1 unspecified atom stereocenters. The third kappa shape index (κ3) is 4.83. The highest BCUT2D eigenvalue weighted by atomic mass is 19.4. The lowest BCUT2D eigenvalue weighted by Gasteiger charge is -2.34. The Morgan fingerprint density at radius 3 is 2.63 bits per heavy atom. The van der Waals surface area contributed by atoms with Crippen LogP contribution >= 0.6 is 0 Å². The summed E-state index contributed by atoms with van der Waals surface area (Å²) < 4.78 is 44.5. The SMILES string of the molecule is O=C(C1CCCC1)N1CCOC(c2ccc(Cc3cccc(C(F)(F)F)c3)cn2)C1. The highest BCUT2D eigenvalue weighted by molar-refractivity contribution is 5.79. The predicted molar refractivity (Wildman–Crippen MR) is 106 cm³/mol. The first-order valence-corrected chi connectivity index (χ1v) is 10.4. The minimum Gasteiger partial charge on any atom is -0.368 e. The van der Waals surface area contributed by atoms with Gasteiger partial charge in [0.15, 0.2) is 0 Å². The largest absolute Gasteiger partial charge is 0.416 e. The van der Waals surface area contributed by atoms with Crippen molar-refractivity contribution in [2.45, 2.75) is 44.4 Å². The zero-order chi connectivity index (χ0) is 21.1. The van der Waals surface area contributed by atoms with Crippen LogP contribution in [0.2, 0.25) is 0 Å². The molecule has 1 aromatic heterocycles. The van der Waals surface area contributed by atoms with Crippen LogP contribution in [-0.2, 0) is 22.1 Å². The van der Waals surface area contributed by atoms with Crippen LogP contribution in [0.5, 0.6) is 0 Å². The summed E-state index contributed by atoms with van der Waals surface area (Å²) in [6.45, 7) is 1.59. The van der Waals surface area contributed by atoms with Gasteiger partial charge in [-0.05, 0) is 42.5 Å². The van der Waals surface area contributed by atoms with Gasteiger partial charge in [0.2, 0.25) is 5.91 Å². The van der Waals surface area contributed by atoms with Gasteiger partial charge in [0, 0.05) is 18.7 Å². The average Bonchev–Trinajstić information content (AvgIpc) is 3.28. The smallest absolute Gasteiger partial charge is 0.368 e. The van der Waals surface area contributed by atoms with E-state index in [4.69, 9.17) is 4.74 Å². The van der Waals surface area contributed by atoms with Crippen molar-refractivity contribution < 1.29 is 22.7 Å². The van der Waals surface area contributed by atoms with Gasteiger partial charge in [-0.2, -0.15) is 13.2 Å². The molecule has 4 rings (SSSR count). The second kappa shape index (κ2) is 8.76. The number of rotatable bonds is 4. The molecule has 2 fully saturated rings. The fourth-order valence-electron chi connectivity index (χ4n) is 4.28. The Morgan fingerprint density at radius 1 is 1.13 bits per heavy atom. The summed E-state index contributed by atoms with van der Waals surface area (Å²) in [6.07, 6.45) is 1.63. The molecule has 1 aromatic carbocycles. The second-order valence-corrected chi connectivity index (χ2v) is 8.09. The number of pyridine rings is 1. The highest BCUT2D eigenvalue weighted by Crippen LogP contribution is 2.31. The Labute approximate surface area is 174 Å². The summed E-state index contributed by atoms with van der Waals surface area (Å²) in [6, 6.07) is 9.06. The fourth-order valence-corrected chi connectivity index (χ4v) is 4.28. The molecule has 1 aliphatic carbocycles. The van der Waals surface area contributed by atoms with Gasteiger partial charge in [-0.1, -0.05) is 37.1 Å². The zero-order valence-corrected chi connectivity index (χ0v) is 16.7. The number of ether oxygens (including phenoxy) is 1. The predicted octanol–water partition coefficient (Wildman–Crippen LogP) is 4.78. The number of benzene rings is 1. The molecule has 0 spiro atoms. The van der Waals surface area contributed by atoms with E-state index < -0.39 is 11.7 Å². The van der Waals surface area contributed by atoms with Gasteiger partial charge in [0.25, 0.3) is 0 Å². The van der Waals surface area contributed by atoms with Crippen molar-refractivity contribution in [2.24, 2.45) is 5.92 Å². The normalized spacial score (nSPS) is 20.5. The van der Waals surface area contributed by atoms with E-state index in [1.165, 1.54) is 12.1 Å². The number of carbonyl (C=O) groups is 1. The van der Waals surface area contributed by atoms with Crippen LogP contribution in [0.25, 0.3) is 0 Å². The number of halogens is 3. The van der Waals surface area contributed by atoms with Gasteiger partial charge in [-0.25, -0.2) is 0 Å². The van der Waals surface area contributed by atoms with Crippen molar-refractivity contribution in [3.8, 4) is 0 Å². The van der Waals surface area contributed by atoms with Crippen LogP contribution in [-0.4, -0.2) is 35.5 Å². The van der Waals surface area contributed by atoms with E-state index in [-0.39, 0.29) is 17.9 Å². The van der Waals surface area contributed by atoms with Gasteiger partial charge < -0.3 is 9.64 Å². The molecular formula is C23H25F3N2O2. The summed E-state index contributed by atoms with van der Waals surface area (Å²) >= 11 is 0. The average molecular weight is 418 g/mol. The van der Waals surface area contributed by atoms with E-state index in [0.29, 0.717) is 31.7 Å². The van der Waals surface area contributed by atoms with Crippen molar-refractivity contribution >= 4 is 5.91 Å². The van der Waals surface area contributed by atoms with Gasteiger partial charge in [-0.15, -0.1) is 0 Å². The number of carbonyl (C=O) groups excluding carboxylic acids is 1. The molecule has 2 heterocycles. The minimum absolute atomic E-state index is 0.145. The van der Waals surface area contributed by atoms with Gasteiger partial charge in [0.05, 0.1) is 24.4 Å². The summed E-state index contributed by atoms with van der Waals surface area (Å²) in [5, 5.41) is 0. The molecule has 160 valence electrons. The standard InChI is InChI=1S/C23H25F3N2O2/c24-23(25,26)19-7-3-4-16(13-19)12-17-8-9-20(27-14-17)21-15-28(10-11-30-21)22(29)18-5-1-2-6-18/h3-4,7-9,13-14,18,21H,1-2,5-6,10-12,15H2. The topological polar surface area (TPSA) is 42.4 Å². The number of aromatic nitrogens is 1. The van der Waals surface area contributed by atoms with Crippen LogP contribution in [0.1, 0.15) is 54.2 Å². The molecule has 2 aromatic rings. The zero-order valence-electron chi connectivity index (χ0n) is 16.7. The van der Waals surface area contributed by atoms with E-state index in [0.717, 1.165) is 43.0 Å². The molecular weight excluding hydrogens is 393 g/mol. The first-order chi connectivity index (χ1) is 14.4. The van der Waals surface area contributed by atoms with E-state index >= 15 is 0 Å². The number of morpholine rings is 1. The second-order valence-electron chi connectivity index (χ2n) is 8.09. The summed E-state index contributed by atoms with van der Waals surface area (Å²) in [4.78, 5) is 19.1. The van der Waals surface area contributed by atoms with E-state index in [1.54, 1.807) is 12.3 Å². The van der Waals surface area contributed by atoms with Crippen molar-refractivity contribution in [3.05, 3.63) is 65.0 Å². The minimum atomic E-state index is -4.35. The lowest BCUT2D eigenvalue weighted by molar-refractivity contribution is -0.143. The third-order valence-corrected chi connectivity index (χ3v) is 5.92. The molecule has 2 aliphatic rings. The Bertz CT molecular complexity index is 877. The maximum absolute atomic E-state index is 12.9. The highest BCUT2D eigenvalue weighted by Gasteiger charge is 2.32. The number of hydrogen-bond acceptors (Lipinski definition) is 3. The summed E-state index contributed by atoms with van der Waals surface area (Å²) in [7, 11) is 0. The lowest BCUT2D eigenvalue weighted by Crippen LogP contribution is -2.44. The van der Waals surface area contributed by atoms with Crippen molar-refractivity contribution in [3.63, 3.8) is 0 Å². The molecule has 7 heteroatoms. The van der Waals surface area contributed by atoms with E-state index in [9.17, 15) is 18.0 Å². The molecule has 1 amide bonds. The third-order valence-electron chi connectivity index (χ3n) is 5.92. The molecule has 0 bridgehead atoms. The van der Waals surface area contributed by atoms with Crippen molar-refractivity contribution in [2.75, 3.05) is 19.7 Å². The maximum atomic E-state index is 12.9. The Balaban J connectivity index is 1.40. The van der Waals surface area contributed by atoms with Crippen molar-refractivity contribution in [1.82, 2.24) is 9.88 Å². The molecule has 1 atom stereocenters. The molecule has 0 radical (unpaired) electrons. The van der Waals surface area contributed by atoms with Crippen LogP contribution in [0.15, 0.2) is 42.6 Å². The fraction of sp³-hybridized carbons (Fsp3) is 0.478. The molecule has 1 aliphatic heterocycles. The summed E-state index contributed by atoms with van der Waals surface area (Å²) in [5.74, 6) is 0.369. The number of alkyl halides is 3. The molecule has 1 saturated carbocycles. The number of hydrogen-bond donors (Lipinski definition) is 0. The monoisotopic (exact) mass is 418 g/mol. The maximum Gasteiger partial charge on any atom is 0.416 e. The summed E-state index contributed by atoms with van der Waals surface area (Å²) in [5.41, 5.74) is 1.51. The Morgan fingerprint density at radius 2 is 1.93 bits per heavy atom. The molecule has 0 N–H and O–H groups in total. The molecule has 4 nitrogen and oxygen atoms in total.